The molecule has 0 amide bonds. The summed E-state index contributed by atoms with van der Waals surface area (Å²) in [6.45, 7) is 8.82. The van der Waals surface area contributed by atoms with Gasteiger partial charge >= 0.3 is 5.97 Å². The molecule has 1 aromatic rings. The largest absolute Gasteiger partial charge is 0.469 e. The highest BCUT2D eigenvalue weighted by atomic mass is 32.2. The van der Waals surface area contributed by atoms with Gasteiger partial charge in [0, 0.05) is 24.6 Å². The van der Waals surface area contributed by atoms with E-state index in [9.17, 15) is 9.00 Å². The van der Waals surface area contributed by atoms with Crippen molar-refractivity contribution in [3.05, 3.63) is 29.8 Å². The third kappa shape index (κ3) is 6.57. The number of methoxy groups -OCH3 is 1. The van der Waals surface area contributed by atoms with Crippen LogP contribution in [0.15, 0.2) is 29.2 Å². The van der Waals surface area contributed by atoms with E-state index in [-0.39, 0.29) is 11.2 Å². The number of carbonyl (C=O) groups is 1. The van der Waals surface area contributed by atoms with Crippen molar-refractivity contribution in [3.63, 3.8) is 0 Å². The van der Waals surface area contributed by atoms with Crippen molar-refractivity contribution in [3.8, 4) is 0 Å². The molecular weight excluding hydrogens is 300 g/mol. The molecule has 0 radical (unpaired) electrons. The molecule has 1 unspecified atom stereocenters. The van der Waals surface area contributed by atoms with E-state index >= 15 is 0 Å². The van der Waals surface area contributed by atoms with E-state index in [2.05, 4.69) is 19.6 Å². The third-order valence-electron chi connectivity index (χ3n) is 3.29. The van der Waals surface area contributed by atoms with Crippen LogP contribution in [0.3, 0.4) is 0 Å². The van der Waals surface area contributed by atoms with E-state index < -0.39 is 18.9 Å². The van der Waals surface area contributed by atoms with Crippen LogP contribution in [0.1, 0.15) is 18.4 Å². The Bertz CT molecular complexity index is 491. The smallest absolute Gasteiger partial charge is 0.305 e. The van der Waals surface area contributed by atoms with Gasteiger partial charge in [-0.25, -0.2) is 0 Å². The molecule has 0 aliphatic heterocycles. The molecule has 1 aromatic carbocycles. The number of esters is 1. The minimum absolute atomic E-state index is 0.0264. The minimum atomic E-state index is -1.35. The highest BCUT2D eigenvalue weighted by Gasteiger charge is 2.26. The molecule has 0 N–H and O–H groups in total. The van der Waals surface area contributed by atoms with Crippen molar-refractivity contribution in [1.82, 2.24) is 0 Å². The summed E-state index contributed by atoms with van der Waals surface area (Å²) in [6.07, 6.45) is 0.959. The Morgan fingerprint density at radius 1 is 1.24 bits per heavy atom. The van der Waals surface area contributed by atoms with Crippen molar-refractivity contribution in [2.24, 2.45) is 0 Å². The Morgan fingerprint density at radius 3 is 2.29 bits per heavy atom. The van der Waals surface area contributed by atoms with Crippen LogP contribution in [-0.2, 0) is 20.3 Å². The maximum absolute atomic E-state index is 12.8. The molecule has 0 bridgehead atoms. The summed E-state index contributed by atoms with van der Waals surface area (Å²) in [7, 11) is -1.03. The predicted molar refractivity (Wildman–Crippen MR) is 90.8 cm³/mol. The average molecular weight is 327 g/mol. The summed E-state index contributed by atoms with van der Waals surface area (Å²) in [5.41, 5.74) is 1.16. The first kappa shape index (κ1) is 18.1. The van der Waals surface area contributed by atoms with Gasteiger partial charge in [-0.1, -0.05) is 37.3 Å². The predicted octanol–water partition coefficient (Wildman–Crippen LogP) is 3.76. The van der Waals surface area contributed by atoms with E-state index in [1.165, 1.54) is 7.11 Å². The summed E-state index contributed by atoms with van der Waals surface area (Å²) in [6, 6.07) is 8.78. The van der Waals surface area contributed by atoms with Crippen molar-refractivity contribution >= 4 is 24.8 Å². The Hall–Kier alpha value is -0.943. The Kier molecular flexibility index (Phi) is 6.81. The first-order chi connectivity index (χ1) is 9.73. The second-order valence-electron chi connectivity index (χ2n) is 6.61. The van der Waals surface area contributed by atoms with Gasteiger partial charge in [-0.05, 0) is 31.5 Å². The number of rotatable bonds is 7. The number of benzene rings is 1. The molecular formula is C16H26O3SSi. The fraction of sp³-hybridized carbons (Fsp3) is 0.562. The normalized spacial score (nSPS) is 14.5. The molecule has 0 spiro atoms. The van der Waals surface area contributed by atoms with Crippen LogP contribution >= 0.6 is 0 Å². The summed E-state index contributed by atoms with van der Waals surface area (Å²) in [5.74, 6) is -0.225. The van der Waals surface area contributed by atoms with Crippen molar-refractivity contribution in [1.29, 1.82) is 0 Å². The van der Waals surface area contributed by atoms with Crippen molar-refractivity contribution in [2.45, 2.75) is 55.6 Å². The van der Waals surface area contributed by atoms with Gasteiger partial charge in [-0.3, -0.25) is 9.00 Å². The number of carbonyl (C=O) groups excluding carboxylic acids is 1. The molecule has 3 nitrogen and oxygen atoms in total. The lowest BCUT2D eigenvalue weighted by Crippen LogP contribution is -2.30. The number of hydrogen-bond donors (Lipinski definition) is 0. The highest BCUT2D eigenvalue weighted by Crippen LogP contribution is 2.24. The zero-order chi connectivity index (χ0) is 16.0. The Balaban J connectivity index is 2.86. The van der Waals surface area contributed by atoms with Crippen LogP contribution in [0, 0.1) is 6.92 Å². The first-order valence-electron chi connectivity index (χ1n) is 7.27. The molecule has 1 rings (SSSR count). The van der Waals surface area contributed by atoms with E-state index in [0.717, 1.165) is 16.5 Å². The molecule has 0 heterocycles. The zero-order valence-corrected chi connectivity index (χ0v) is 15.5. The quantitative estimate of drug-likeness (QED) is 0.566. The summed E-state index contributed by atoms with van der Waals surface area (Å²) >= 11 is 0. The molecule has 0 aliphatic carbocycles. The second kappa shape index (κ2) is 7.89. The van der Waals surface area contributed by atoms with Crippen LogP contribution in [0.2, 0.25) is 25.7 Å². The molecule has 5 heteroatoms. The Labute approximate surface area is 131 Å². The van der Waals surface area contributed by atoms with Gasteiger partial charge in [-0.2, -0.15) is 0 Å². The molecule has 2 atom stereocenters. The maximum atomic E-state index is 12.8. The molecule has 0 saturated heterocycles. The fourth-order valence-electron chi connectivity index (χ4n) is 2.21. The lowest BCUT2D eigenvalue weighted by molar-refractivity contribution is -0.140. The molecule has 0 fully saturated rings. The van der Waals surface area contributed by atoms with Crippen LogP contribution < -0.4 is 0 Å². The van der Waals surface area contributed by atoms with Crippen LogP contribution in [-0.4, -0.2) is 30.6 Å². The maximum Gasteiger partial charge on any atom is 0.305 e. The fourth-order valence-corrected chi connectivity index (χ4v) is 7.01. The van der Waals surface area contributed by atoms with E-state index in [1.54, 1.807) is 0 Å². The number of aryl methyl sites for hydroxylation is 1. The molecule has 0 aromatic heterocycles. The number of hydrogen-bond acceptors (Lipinski definition) is 3. The Morgan fingerprint density at radius 2 is 1.81 bits per heavy atom. The highest BCUT2D eigenvalue weighted by molar-refractivity contribution is 7.85. The monoisotopic (exact) mass is 326 g/mol. The zero-order valence-electron chi connectivity index (χ0n) is 13.6. The van der Waals surface area contributed by atoms with Gasteiger partial charge in [0.1, 0.15) is 0 Å². The van der Waals surface area contributed by atoms with Gasteiger partial charge < -0.3 is 4.74 Å². The summed E-state index contributed by atoms with van der Waals surface area (Å²) < 4.78 is 17.5. The molecule has 0 saturated carbocycles. The second-order valence-corrected chi connectivity index (χ2v) is 13.9. The lowest BCUT2D eigenvalue weighted by atomic mass is 10.2. The summed E-state index contributed by atoms with van der Waals surface area (Å²) in [5, 5.41) is 0.0264. The minimum Gasteiger partial charge on any atom is -0.469 e. The first-order valence-corrected chi connectivity index (χ1v) is 12.2. The van der Waals surface area contributed by atoms with E-state index in [1.807, 2.05) is 31.2 Å². The van der Waals surface area contributed by atoms with Gasteiger partial charge in [0.2, 0.25) is 0 Å². The van der Waals surface area contributed by atoms with E-state index in [0.29, 0.717) is 12.8 Å². The van der Waals surface area contributed by atoms with Gasteiger partial charge in [0.15, 0.2) is 0 Å². The molecule has 118 valence electrons. The van der Waals surface area contributed by atoms with Crippen molar-refractivity contribution in [2.75, 3.05) is 7.11 Å². The van der Waals surface area contributed by atoms with Crippen LogP contribution in [0.5, 0.6) is 0 Å². The topological polar surface area (TPSA) is 43.4 Å². The van der Waals surface area contributed by atoms with Gasteiger partial charge in [0.05, 0.1) is 17.9 Å². The standard InChI is InChI=1S/C16H26O3SSi/c1-13-6-8-14(9-7-13)20(18)15(12-21(3,4)5)10-11-16(17)19-2/h6-9,15H,10-12H2,1-5H3/t15-,20?/m1/s1. The van der Waals surface area contributed by atoms with Gasteiger partial charge in [0.25, 0.3) is 0 Å². The van der Waals surface area contributed by atoms with Gasteiger partial charge in [-0.15, -0.1) is 0 Å². The summed E-state index contributed by atoms with van der Waals surface area (Å²) in [4.78, 5) is 12.2. The SMILES string of the molecule is COC(=O)CC[C@H](C[Si](C)(C)C)S(=O)c1ccc(C)cc1. The molecule has 21 heavy (non-hydrogen) atoms. The number of ether oxygens (including phenoxy) is 1. The van der Waals surface area contributed by atoms with Crippen LogP contribution in [0.25, 0.3) is 0 Å². The van der Waals surface area contributed by atoms with E-state index in [4.69, 9.17) is 4.74 Å². The molecule has 0 aliphatic rings. The third-order valence-corrected chi connectivity index (χ3v) is 7.05. The van der Waals surface area contributed by atoms with Crippen molar-refractivity contribution < 1.29 is 13.7 Å². The van der Waals surface area contributed by atoms with Crippen LogP contribution in [0.4, 0.5) is 0 Å². The average Bonchev–Trinajstić information content (AvgIpc) is 2.42. The lowest BCUT2D eigenvalue weighted by Gasteiger charge is -2.24.